The number of likely N-dealkylation sites (tertiary alicyclic amines) is 1. The molecule has 0 aromatic rings. The van der Waals surface area contributed by atoms with Crippen molar-refractivity contribution in [3.05, 3.63) is 0 Å². The second-order valence-electron chi connectivity index (χ2n) is 4.90. The quantitative estimate of drug-likeness (QED) is 0.567. The van der Waals surface area contributed by atoms with E-state index in [4.69, 9.17) is 0 Å². The average Bonchev–Trinajstić information content (AvgIpc) is 2.80. The third-order valence-electron chi connectivity index (χ3n) is 2.79. The molecule has 0 aromatic carbocycles. The molecule has 1 amide bonds. The van der Waals surface area contributed by atoms with Crippen LogP contribution >= 0.6 is 0 Å². The summed E-state index contributed by atoms with van der Waals surface area (Å²) in [6.45, 7) is 9.57. The number of guanidine groups is 1. The van der Waals surface area contributed by atoms with E-state index in [0.29, 0.717) is 13.0 Å². The second-order valence-corrected chi connectivity index (χ2v) is 4.90. The minimum atomic E-state index is 0.0750. The molecule has 0 atom stereocenters. The van der Waals surface area contributed by atoms with Gasteiger partial charge in [0, 0.05) is 32.1 Å². The Labute approximate surface area is 110 Å². The van der Waals surface area contributed by atoms with Crippen LogP contribution in [0, 0.1) is 0 Å². The van der Waals surface area contributed by atoms with Crippen LogP contribution < -0.4 is 10.6 Å². The lowest BCUT2D eigenvalue weighted by Gasteiger charge is -2.20. The highest BCUT2D eigenvalue weighted by Crippen LogP contribution is 2.07. The molecule has 5 heteroatoms. The van der Waals surface area contributed by atoms with Crippen LogP contribution in [0.1, 0.15) is 40.0 Å². The number of hydrogen-bond acceptors (Lipinski definition) is 2. The molecule has 1 saturated heterocycles. The molecular weight excluding hydrogens is 228 g/mol. The maximum absolute atomic E-state index is 11.5. The van der Waals surface area contributed by atoms with Crippen molar-refractivity contribution in [3.63, 3.8) is 0 Å². The van der Waals surface area contributed by atoms with E-state index < -0.39 is 0 Å². The third kappa shape index (κ3) is 5.38. The van der Waals surface area contributed by atoms with Crippen molar-refractivity contribution >= 4 is 11.9 Å². The van der Waals surface area contributed by atoms with Gasteiger partial charge in [-0.15, -0.1) is 0 Å². The van der Waals surface area contributed by atoms with Crippen LogP contribution in [0.25, 0.3) is 0 Å². The highest BCUT2D eigenvalue weighted by molar-refractivity contribution is 5.81. The van der Waals surface area contributed by atoms with Crippen molar-refractivity contribution in [3.8, 4) is 0 Å². The molecule has 0 saturated carbocycles. The Morgan fingerprint density at radius 3 is 2.56 bits per heavy atom. The molecular formula is C13H26N4O. The van der Waals surface area contributed by atoms with Crippen molar-refractivity contribution in [2.75, 3.05) is 26.2 Å². The zero-order valence-corrected chi connectivity index (χ0v) is 11.8. The molecule has 0 spiro atoms. The van der Waals surface area contributed by atoms with Gasteiger partial charge in [0.05, 0.1) is 6.54 Å². The number of aliphatic imine (C=N–C) groups is 1. The van der Waals surface area contributed by atoms with E-state index in [2.05, 4.69) is 27.4 Å². The maximum Gasteiger partial charge on any atom is 0.222 e. The Hall–Kier alpha value is -1.26. The zero-order chi connectivity index (χ0) is 13.4. The number of hydrogen-bond donors (Lipinski definition) is 2. The van der Waals surface area contributed by atoms with Gasteiger partial charge in [-0.3, -0.25) is 9.79 Å². The van der Waals surface area contributed by atoms with Gasteiger partial charge in [-0.2, -0.15) is 0 Å². The van der Waals surface area contributed by atoms with Gasteiger partial charge in [-0.05, 0) is 33.6 Å². The van der Waals surface area contributed by atoms with Crippen LogP contribution in [0.5, 0.6) is 0 Å². The fourth-order valence-electron chi connectivity index (χ4n) is 2.01. The monoisotopic (exact) mass is 254 g/mol. The lowest BCUT2D eigenvalue weighted by atomic mass is 10.3. The summed E-state index contributed by atoms with van der Waals surface area (Å²) in [7, 11) is 0. The van der Waals surface area contributed by atoms with E-state index in [0.717, 1.165) is 25.6 Å². The van der Waals surface area contributed by atoms with Gasteiger partial charge in [-0.1, -0.05) is 0 Å². The highest BCUT2D eigenvalue weighted by Gasteiger charge is 2.15. The largest absolute Gasteiger partial charge is 0.357 e. The summed E-state index contributed by atoms with van der Waals surface area (Å²) in [5.74, 6) is 1.03. The first-order valence-electron chi connectivity index (χ1n) is 6.96. The Morgan fingerprint density at radius 1 is 1.33 bits per heavy atom. The van der Waals surface area contributed by atoms with Crippen molar-refractivity contribution in [2.45, 2.75) is 46.1 Å². The zero-order valence-electron chi connectivity index (χ0n) is 11.8. The minimum Gasteiger partial charge on any atom is -0.357 e. The molecule has 1 aliphatic heterocycles. The smallest absolute Gasteiger partial charge is 0.222 e. The van der Waals surface area contributed by atoms with Crippen LogP contribution in [0.2, 0.25) is 0 Å². The third-order valence-corrected chi connectivity index (χ3v) is 2.79. The fourth-order valence-corrected chi connectivity index (χ4v) is 2.01. The summed E-state index contributed by atoms with van der Waals surface area (Å²) < 4.78 is 0. The molecule has 104 valence electrons. The number of carbonyl (C=O) groups excluding carboxylic acids is 1. The van der Waals surface area contributed by atoms with Crippen molar-refractivity contribution in [1.29, 1.82) is 0 Å². The molecule has 5 nitrogen and oxygen atoms in total. The van der Waals surface area contributed by atoms with Crippen molar-refractivity contribution in [1.82, 2.24) is 15.5 Å². The summed E-state index contributed by atoms with van der Waals surface area (Å²) in [4.78, 5) is 18.3. The molecule has 0 unspecified atom stereocenters. The van der Waals surface area contributed by atoms with E-state index in [1.54, 1.807) is 0 Å². The highest BCUT2D eigenvalue weighted by atomic mass is 16.1. The predicted molar refractivity (Wildman–Crippen MR) is 74.7 cm³/mol. The van der Waals surface area contributed by atoms with Crippen LogP contribution in [-0.4, -0.2) is 49.0 Å². The number of carbonyl (C=O) groups is 1. The van der Waals surface area contributed by atoms with Crippen LogP contribution in [-0.2, 0) is 4.79 Å². The Bertz CT molecular complexity index is 283. The van der Waals surface area contributed by atoms with E-state index >= 15 is 0 Å². The number of nitrogens with one attached hydrogen (secondary N) is 2. The minimum absolute atomic E-state index is 0.0750. The first-order valence-corrected chi connectivity index (χ1v) is 6.96. The first kappa shape index (κ1) is 14.8. The standard InChI is InChI=1S/C13H26N4O/c1-4-14-13(17-9-5-6-10-17)15-8-7-12(18)16-11(2)3/h11H,4-10H2,1-3H3,(H,14,15)(H,16,18). The molecule has 0 bridgehead atoms. The molecule has 1 fully saturated rings. The number of rotatable bonds is 5. The van der Waals surface area contributed by atoms with Gasteiger partial charge in [0.15, 0.2) is 5.96 Å². The fraction of sp³-hybridized carbons (Fsp3) is 0.846. The molecule has 1 rings (SSSR count). The van der Waals surface area contributed by atoms with Gasteiger partial charge in [-0.25, -0.2) is 0 Å². The Balaban J connectivity index is 2.37. The van der Waals surface area contributed by atoms with E-state index in [9.17, 15) is 4.79 Å². The van der Waals surface area contributed by atoms with Gasteiger partial charge in [0.25, 0.3) is 0 Å². The summed E-state index contributed by atoms with van der Waals surface area (Å²) in [6, 6.07) is 0.202. The molecule has 1 aliphatic rings. The first-order chi connectivity index (χ1) is 8.63. The molecule has 0 aliphatic carbocycles. The molecule has 0 aromatic heterocycles. The maximum atomic E-state index is 11.5. The van der Waals surface area contributed by atoms with Gasteiger partial charge >= 0.3 is 0 Å². The van der Waals surface area contributed by atoms with Crippen molar-refractivity contribution in [2.24, 2.45) is 4.99 Å². The van der Waals surface area contributed by atoms with E-state index in [1.165, 1.54) is 12.8 Å². The predicted octanol–water partition coefficient (Wildman–Crippen LogP) is 0.962. The second kappa shape index (κ2) is 7.95. The Kier molecular flexibility index (Phi) is 6.54. The van der Waals surface area contributed by atoms with Crippen LogP contribution in [0.15, 0.2) is 4.99 Å². The SMILES string of the molecule is CCNC(=NCCC(=O)NC(C)C)N1CCCC1. The van der Waals surface area contributed by atoms with E-state index in [-0.39, 0.29) is 11.9 Å². The summed E-state index contributed by atoms with van der Waals surface area (Å²) in [5.41, 5.74) is 0. The van der Waals surface area contributed by atoms with Crippen molar-refractivity contribution < 1.29 is 4.79 Å². The van der Waals surface area contributed by atoms with E-state index in [1.807, 2.05) is 13.8 Å². The number of amides is 1. The molecule has 1 heterocycles. The number of nitrogens with zero attached hydrogens (tertiary/aromatic N) is 2. The van der Waals surface area contributed by atoms with Gasteiger partial charge < -0.3 is 15.5 Å². The average molecular weight is 254 g/mol. The van der Waals surface area contributed by atoms with Gasteiger partial charge in [0.2, 0.25) is 5.91 Å². The summed E-state index contributed by atoms with van der Waals surface area (Å²) in [6.07, 6.45) is 2.93. The lowest BCUT2D eigenvalue weighted by molar-refractivity contribution is -0.121. The molecule has 2 N–H and O–H groups in total. The molecule has 18 heavy (non-hydrogen) atoms. The summed E-state index contributed by atoms with van der Waals surface area (Å²) >= 11 is 0. The molecule has 0 radical (unpaired) electrons. The topological polar surface area (TPSA) is 56.7 Å². The summed E-state index contributed by atoms with van der Waals surface area (Å²) in [5, 5.41) is 6.16. The van der Waals surface area contributed by atoms with Gasteiger partial charge in [0.1, 0.15) is 0 Å². The van der Waals surface area contributed by atoms with Crippen LogP contribution in [0.4, 0.5) is 0 Å². The normalized spacial score (nSPS) is 16.2. The Morgan fingerprint density at radius 2 is 2.00 bits per heavy atom. The lowest BCUT2D eigenvalue weighted by Crippen LogP contribution is -2.40. The van der Waals surface area contributed by atoms with Crippen LogP contribution in [0.3, 0.4) is 0 Å².